The van der Waals surface area contributed by atoms with Gasteiger partial charge in [0.25, 0.3) is 0 Å². The largest absolute Gasteiger partial charge is 0.396 e. The van der Waals surface area contributed by atoms with Gasteiger partial charge in [0.05, 0.1) is 37.1 Å². The smallest absolute Gasteiger partial charge is 0.148 e. The van der Waals surface area contributed by atoms with Gasteiger partial charge < -0.3 is 20.1 Å². The van der Waals surface area contributed by atoms with Crippen molar-refractivity contribution in [1.82, 2.24) is 4.57 Å². The number of halogens is 1. The second-order valence-corrected chi connectivity index (χ2v) is 7.98. The number of nitrogens with zero attached hydrogens (tertiary/aromatic N) is 1. The number of nitrogen functional groups attached to an aromatic ring is 1. The summed E-state index contributed by atoms with van der Waals surface area (Å²) >= 11 is 0. The zero-order valence-electron chi connectivity index (χ0n) is 16.1. The summed E-state index contributed by atoms with van der Waals surface area (Å²) in [5.41, 5.74) is 8.50. The van der Waals surface area contributed by atoms with Gasteiger partial charge in [-0.3, -0.25) is 0 Å². The van der Waals surface area contributed by atoms with E-state index >= 15 is 0 Å². The van der Waals surface area contributed by atoms with Gasteiger partial charge in [-0.15, -0.1) is 0 Å². The third-order valence-corrected chi connectivity index (χ3v) is 4.60. The van der Waals surface area contributed by atoms with Gasteiger partial charge in [0.2, 0.25) is 0 Å². The van der Waals surface area contributed by atoms with E-state index in [1.54, 1.807) is 6.07 Å². The molecule has 3 aromatic rings. The zero-order valence-corrected chi connectivity index (χ0v) is 16.1. The Hall–Kier alpha value is -2.37. The van der Waals surface area contributed by atoms with Crippen molar-refractivity contribution in [2.75, 3.05) is 12.3 Å². The molecule has 4 nitrogen and oxygen atoms in total. The average molecular weight is 370 g/mol. The van der Waals surface area contributed by atoms with Crippen molar-refractivity contribution in [3.63, 3.8) is 0 Å². The molecule has 1 aromatic heterocycles. The molecule has 0 spiro atoms. The van der Waals surface area contributed by atoms with Crippen LogP contribution in [0.3, 0.4) is 0 Å². The van der Waals surface area contributed by atoms with Gasteiger partial charge in [0.15, 0.2) is 0 Å². The van der Waals surface area contributed by atoms with E-state index in [2.05, 4.69) is 20.8 Å². The molecule has 1 heterocycles. The maximum Gasteiger partial charge on any atom is 0.148 e. The highest BCUT2D eigenvalue weighted by molar-refractivity contribution is 5.85. The fraction of sp³-hybridized carbons (Fsp3) is 0.364. The summed E-state index contributed by atoms with van der Waals surface area (Å²) in [6.07, 6.45) is -0.703. The van der Waals surface area contributed by atoms with Crippen LogP contribution in [0, 0.1) is 5.82 Å². The Kier molecular flexibility index (Phi) is 5.53. The molecule has 0 aliphatic rings. The SMILES string of the molecule is CC(C)(C)c1cc2cc(N)c(F)cc2n1C[C@@H](O)COCc1ccccc1. The fourth-order valence-electron chi connectivity index (χ4n) is 3.27. The predicted molar refractivity (Wildman–Crippen MR) is 107 cm³/mol. The maximum atomic E-state index is 14.0. The molecule has 0 amide bonds. The van der Waals surface area contributed by atoms with E-state index in [0.717, 1.165) is 22.2 Å². The van der Waals surface area contributed by atoms with Crippen LogP contribution in [-0.2, 0) is 23.3 Å². The van der Waals surface area contributed by atoms with Crippen LogP contribution in [0.25, 0.3) is 10.9 Å². The first-order valence-electron chi connectivity index (χ1n) is 9.14. The van der Waals surface area contributed by atoms with Crippen LogP contribution in [0.5, 0.6) is 0 Å². The minimum Gasteiger partial charge on any atom is -0.396 e. The quantitative estimate of drug-likeness (QED) is 0.638. The molecule has 0 saturated carbocycles. The standard InChI is InChI=1S/C22H27FN2O2/c1-22(2,3)21-10-16-9-19(24)18(23)11-20(16)25(21)12-17(26)14-27-13-15-7-5-4-6-8-15/h4-11,17,26H,12-14,24H2,1-3H3/t17-/m1/s1. The molecule has 27 heavy (non-hydrogen) atoms. The van der Waals surface area contributed by atoms with Gasteiger partial charge in [0, 0.05) is 22.6 Å². The van der Waals surface area contributed by atoms with Gasteiger partial charge in [-0.25, -0.2) is 4.39 Å². The van der Waals surface area contributed by atoms with E-state index in [1.165, 1.54) is 6.07 Å². The lowest BCUT2D eigenvalue weighted by atomic mass is 9.92. The molecular formula is C22H27FN2O2. The molecule has 0 unspecified atom stereocenters. The van der Waals surface area contributed by atoms with Crippen molar-refractivity contribution in [2.45, 2.75) is 45.4 Å². The van der Waals surface area contributed by atoms with Gasteiger partial charge in [-0.1, -0.05) is 51.1 Å². The van der Waals surface area contributed by atoms with E-state index in [9.17, 15) is 9.50 Å². The maximum absolute atomic E-state index is 14.0. The van der Waals surface area contributed by atoms with E-state index in [1.807, 2.05) is 41.0 Å². The number of nitrogens with two attached hydrogens (primary N) is 1. The number of hydrogen-bond donors (Lipinski definition) is 2. The summed E-state index contributed by atoms with van der Waals surface area (Å²) < 4.78 is 21.7. The average Bonchev–Trinajstić information content (AvgIpc) is 2.94. The minimum absolute atomic E-state index is 0.131. The van der Waals surface area contributed by atoms with Crippen LogP contribution in [-0.4, -0.2) is 22.4 Å². The molecule has 2 aromatic carbocycles. The Labute approximate surface area is 159 Å². The number of ether oxygens (including phenoxy) is 1. The lowest BCUT2D eigenvalue weighted by Gasteiger charge is -2.24. The Morgan fingerprint density at radius 3 is 2.52 bits per heavy atom. The van der Waals surface area contributed by atoms with Crippen molar-refractivity contribution >= 4 is 16.6 Å². The Bertz CT molecular complexity index is 913. The lowest BCUT2D eigenvalue weighted by molar-refractivity contribution is 0.0203. The number of anilines is 1. The van der Waals surface area contributed by atoms with Gasteiger partial charge in [0.1, 0.15) is 5.82 Å². The number of fused-ring (bicyclic) bond motifs is 1. The summed E-state index contributed by atoms with van der Waals surface area (Å²) in [5, 5.41) is 11.4. The van der Waals surface area contributed by atoms with Crippen molar-refractivity contribution in [3.8, 4) is 0 Å². The van der Waals surface area contributed by atoms with Crippen molar-refractivity contribution in [2.24, 2.45) is 0 Å². The van der Waals surface area contributed by atoms with Crippen molar-refractivity contribution < 1.29 is 14.2 Å². The summed E-state index contributed by atoms with van der Waals surface area (Å²) in [6.45, 7) is 7.26. The van der Waals surface area contributed by atoms with Gasteiger partial charge in [-0.2, -0.15) is 0 Å². The highest BCUT2D eigenvalue weighted by Crippen LogP contribution is 2.31. The van der Waals surface area contributed by atoms with E-state index in [-0.39, 0.29) is 17.7 Å². The Morgan fingerprint density at radius 1 is 1.15 bits per heavy atom. The first kappa shape index (κ1) is 19.4. The number of hydrogen-bond acceptors (Lipinski definition) is 3. The number of aromatic nitrogens is 1. The van der Waals surface area contributed by atoms with Crippen LogP contribution >= 0.6 is 0 Å². The van der Waals surface area contributed by atoms with Crippen LogP contribution in [0.2, 0.25) is 0 Å². The van der Waals surface area contributed by atoms with Crippen molar-refractivity contribution in [1.29, 1.82) is 0 Å². The molecule has 5 heteroatoms. The molecule has 0 radical (unpaired) electrons. The molecule has 144 valence electrons. The number of aliphatic hydroxyl groups excluding tert-OH is 1. The second kappa shape index (κ2) is 7.71. The molecule has 1 atom stereocenters. The van der Waals surface area contributed by atoms with Crippen LogP contribution in [0.1, 0.15) is 32.0 Å². The highest BCUT2D eigenvalue weighted by atomic mass is 19.1. The normalized spacial score (nSPS) is 13.2. The van der Waals surface area contributed by atoms with Crippen LogP contribution in [0.4, 0.5) is 10.1 Å². The van der Waals surface area contributed by atoms with Gasteiger partial charge in [-0.05, 0) is 17.7 Å². The first-order chi connectivity index (χ1) is 12.8. The van der Waals surface area contributed by atoms with Crippen LogP contribution in [0.15, 0.2) is 48.5 Å². The molecule has 0 saturated heterocycles. The monoisotopic (exact) mass is 370 g/mol. The summed E-state index contributed by atoms with van der Waals surface area (Å²) in [4.78, 5) is 0. The summed E-state index contributed by atoms with van der Waals surface area (Å²) in [7, 11) is 0. The highest BCUT2D eigenvalue weighted by Gasteiger charge is 2.23. The zero-order chi connectivity index (χ0) is 19.6. The molecule has 3 N–H and O–H groups in total. The molecule has 0 aliphatic heterocycles. The van der Waals surface area contributed by atoms with Crippen LogP contribution < -0.4 is 5.73 Å². The first-order valence-corrected chi connectivity index (χ1v) is 9.14. The Balaban J connectivity index is 1.79. The number of aliphatic hydroxyl groups is 1. The minimum atomic E-state index is -0.703. The van der Waals surface area contributed by atoms with Crippen molar-refractivity contribution in [3.05, 3.63) is 65.6 Å². The third-order valence-electron chi connectivity index (χ3n) is 4.60. The summed E-state index contributed by atoms with van der Waals surface area (Å²) in [6, 6.07) is 14.9. The summed E-state index contributed by atoms with van der Waals surface area (Å²) in [5.74, 6) is -0.447. The molecule has 3 rings (SSSR count). The number of rotatable bonds is 6. The second-order valence-electron chi connectivity index (χ2n) is 7.98. The molecule has 0 aliphatic carbocycles. The Morgan fingerprint density at radius 2 is 1.85 bits per heavy atom. The topological polar surface area (TPSA) is 60.4 Å². The van der Waals surface area contributed by atoms with E-state index in [4.69, 9.17) is 10.5 Å². The predicted octanol–water partition coefficient (Wildman–Crippen LogP) is 4.24. The number of benzene rings is 2. The lowest BCUT2D eigenvalue weighted by Crippen LogP contribution is -2.26. The third kappa shape index (κ3) is 4.49. The van der Waals surface area contributed by atoms with Gasteiger partial charge >= 0.3 is 0 Å². The van der Waals surface area contributed by atoms with E-state index in [0.29, 0.717) is 13.2 Å². The fourth-order valence-corrected chi connectivity index (χ4v) is 3.27. The molecule has 0 fully saturated rings. The molecular weight excluding hydrogens is 343 g/mol. The van der Waals surface area contributed by atoms with E-state index < -0.39 is 11.9 Å². The molecule has 0 bridgehead atoms.